The van der Waals surface area contributed by atoms with Crippen LogP contribution in [0.3, 0.4) is 0 Å². The summed E-state index contributed by atoms with van der Waals surface area (Å²) in [7, 11) is 0. The maximum Gasteiger partial charge on any atom is 0.293 e. The lowest BCUT2D eigenvalue weighted by molar-refractivity contribution is -0.117. The van der Waals surface area contributed by atoms with Crippen molar-refractivity contribution in [2.45, 2.75) is 25.5 Å². The van der Waals surface area contributed by atoms with Crippen molar-refractivity contribution in [3.8, 4) is 11.5 Å². The van der Waals surface area contributed by atoms with Crippen LogP contribution >= 0.6 is 23.4 Å². The highest BCUT2D eigenvalue weighted by Crippen LogP contribution is 2.38. The van der Waals surface area contributed by atoms with Gasteiger partial charge in [-0.3, -0.25) is 9.59 Å². The Bertz CT molecular complexity index is 1140. The van der Waals surface area contributed by atoms with Crippen LogP contribution in [0.15, 0.2) is 54.6 Å². The lowest BCUT2D eigenvalue weighted by Gasteiger charge is -2.17. The maximum atomic E-state index is 13.2. The molecule has 0 aromatic heterocycles. The van der Waals surface area contributed by atoms with Crippen LogP contribution in [0.5, 0.6) is 11.5 Å². The Kier molecular flexibility index (Phi) is 6.39. The molecule has 0 saturated carbocycles. The monoisotopic (exact) mass is 455 g/mol. The van der Waals surface area contributed by atoms with Crippen molar-refractivity contribution in [2.24, 2.45) is 0 Å². The molecule has 1 saturated heterocycles. The van der Waals surface area contributed by atoms with Gasteiger partial charge in [0.1, 0.15) is 11.5 Å². The second-order valence-electron chi connectivity index (χ2n) is 7.02. The van der Waals surface area contributed by atoms with Gasteiger partial charge in [-0.25, -0.2) is 4.90 Å². The first-order valence-corrected chi connectivity index (χ1v) is 11.4. The lowest BCUT2D eigenvalue weighted by Crippen LogP contribution is -2.32. The van der Waals surface area contributed by atoms with E-state index in [1.165, 1.54) is 4.90 Å². The van der Waals surface area contributed by atoms with Crippen molar-refractivity contribution in [3.05, 3.63) is 65.2 Å². The Balaban J connectivity index is 1.71. The predicted octanol–water partition coefficient (Wildman–Crippen LogP) is 6.10. The van der Waals surface area contributed by atoms with E-state index in [0.29, 0.717) is 36.1 Å². The number of amides is 2. The Morgan fingerprint density at radius 1 is 1.00 bits per heavy atom. The summed E-state index contributed by atoms with van der Waals surface area (Å²) in [6, 6.07) is 16.6. The fourth-order valence-electron chi connectivity index (χ4n) is 3.72. The van der Waals surface area contributed by atoms with Crippen LogP contribution < -0.4 is 14.4 Å². The fourth-order valence-corrected chi connectivity index (χ4v) is 4.90. The van der Waals surface area contributed by atoms with Gasteiger partial charge in [0, 0.05) is 10.6 Å². The first-order chi connectivity index (χ1) is 15.0. The molecule has 1 aliphatic rings. The number of thioether (sulfide) groups is 1. The Labute approximate surface area is 190 Å². The van der Waals surface area contributed by atoms with Crippen molar-refractivity contribution < 1.29 is 19.1 Å². The van der Waals surface area contributed by atoms with Crippen molar-refractivity contribution in [3.63, 3.8) is 0 Å². The number of carbonyl (C=O) groups excluding carboxylic acids is 2. The van der Waals surface area contributed by atoms with Crippen LogP contribution in [-0.2, 0) is 11.2 Å². The molecular formula is C24H22ClNO4S. The number of imide groups is 1. The third-order valence-corrected chi connectivity index (χ3v) is 6.32. The van der Waals surface area contributed by atoms with E-state index < -0.39 is 5.25 Å². The molecule has 4 rings (SSSR count). The van der Waals surface area contributed by atoms with E-state index in [1.807, 2.05) is 44.2 Å². The molecular weight excluding hydrogens is 434 g/mol. The number of hydrogen-bond donors (Lipinski definition) is 0. The summed E-state index contributed by atoms with van der Waals surface area (Å²) < 4.78 is 11.5. The molecule has 1 fully saturated rings. The number of halogens is 1. The third kappa shape index (κ3) is 4.36. The van der Waals surface area contributed by atoms with Gasteiger partial charge in [-0.15, -0.1) is 0 Å². The molecule has 1 atom stereocenters. The van der Waals surface area contributed by atoms with Gasteiger partial charge in [-0.2, -0.15) is 0 Å². The van der Waals surface area contributed by atoms with Gasteiger partial charge in [-0.05, 0) is 67.4 Å². The largest absolute Gasteiger partial charge is 0.494 e. The standard InChI is InChI=1S/C24H22ClNO4S/c1-3-29-18-10-8-15-9-11-21(30-4-2)20(19(15)13-18)14-22-23(27)26(24(28)31-22)17-7-5-6-16(25)12-17/h5-13,22H,3-4,14H2,1-2H3/t22-/m1/s1. The second kappa shape index (κ2) is 9.20. The summed E-state index contributed by atoms with van der Waals surface area (Å²) in [4.78, 5) is 27.1. The molecule has 31 heavy (non-hydrogen) atoms. The van der Waals surface area contributed by atoms with Crippen LogP contribution in [-0.4, -0.2) is 29.6 Å². The summed E-state index contributed by atoms with van der Waals surface area (Å²) in [6.45, 7) is 4.92. The zero-order chi connectivity index (χ0) is 22.0. The molecule has 3 aromatic rings. The molecule has 1 aliphatic heterocycles. The van der Waals surface area contributed by atoms with E-state index in [2.05, 4.69) is 0 Å². The highest BCUT2D eigenvalue weighted by Gasteiger charge is 2.41. The summed E-state index contributed by atoms with van der Waals surface area (Å²) in [5, 5.41) is 1.61. The number of rotatable bonds is 7. The molecule has 0 spiro atoms. The van der Waals surface area contributed by atoms with E-state index in [9.17, 15) is 9.59 Å². The van der Waals surface area contributed by atoms with Crippen LogP contribution in [0, 0.1) is 0 Å². The highest BCUT2D eigenvalue weighted by molar-refractivity contribution is 8.15. The van der Waals surface area contributed by atoms with Crippen LogP contribution in [0.2, 0.25) is 5.02 Å². The summed E-state index contributed by atoms with van der Waals surface area (Å²) in [5.41, 5.74) is 1.38. The minimum Gasteiger partial charge on any atom is -0.494 e. The highest BCUT2D eigenvalue weighted by atomic mass is 35.5. The molecule has 0 unspecified atom stereocenters. The molecule has 1 heterocycles. The quantitative estimate of drug-likeness (QED) is 0.430. The number of hydrogen-bond acceptors (Lipinski definition) is 5. The van der Waals surface area contributed by atoms with Crippen molar-refractivity contribution >= 4 is 51.0 Å². The molecule has 3 aromatic carbocycles. The number of carbonyl (C=O) groups is 2. The minimum atomic E-state index is -0.549. The summed E-state index contributed by atoms with van der Waals surface area (Å²) >= 11 is 7.10. The zero-order valence-corrected chi connectivity index (χ0v) is 18.8. The molecule has 0 radical (unpaired) electrons. The van der Waals surface area contributed by atoms with Gasteiger partial charge in [0.2, 0.25) is 5.91 Å². The zero-order valence-electron chi connectivity index (χ0n) is 17.3. The second-order valence-corrected chi connectivity index (χ2v) is 8.61. The van der Waals surface area contributed by atoms with E-state index >= 15 is 0 Å². The number of nitrogens with zero attached hydrogens (tertiary/aromatic N) is 1. The van der Waals surface area contributed by atoms with Crippen LogP contribution in [0.25, 0.3) is 10.8 Å². The van der Waals surface area contributed by atoms with Crippen molar-refractivity contribution in [2.75, 3.05) is 18.1 Å². The summed E-state index contributed by atoms with van der Waals surface area (Å²) in [6.07, 6.45) is 0.370. The lowest BCUT2D eigenvalue weighted by atomic mass is 9.98. The van der Waals surface area contributed by atoms with E-state index in [4.69, 9.17) is 21.1 Å². The van der Waals surface area contributed by atoms with Crippen molar-refractivity contribution in [1.29, 1.82) is 0 Å². The van der Waals surface area contributed by atoms with E-state index in [1.54, 1.807) is 24.3 Å². The minimum absolute atomic E-state index is 0.252. The van der Waals surface area contributed by atoms with Crippen molar-refractivity contribution in [1.82, 2.24) is 0 Å². The normalized spacial score (nSPS) is 16.2. The topological polar surface area (TPSA) is 55.8 Å². The van der Waals surface area contributed by atoms with Gasteiger partial charge in [0.25, 0.3) is 5.24 Å². The van der Waals surface area contributed by atoms with Gasteiger partial charge < -0.3 is 9.47 Å². The summed E-state index contributed by atoms with van der Waals surface area (Å²) in [5.74, 6) is 1.22. The molecule has 0 bridgehead atoms. The van der Waals surface area contributed by atoms with Crippen LogP contribution in [0.1, 0.15) is 19.4 Å². The first-order valence-electron chi connectivity index (χ1n) is 10.1. The smallest absolute Gasteiger partial charge is 0.293 e. The molecule has 160 valence electrons. The SMILES string of the molecule is CCOc1ccc2ccc(OCC)c(C[C@H]3SC(=O)N(c4cccc(Cl)c4)C3=O)c2c1. The van der Waals surface area contributed by atoms with E-state index in [-0.39, 0.29) is 11.1 Å². The Morgan fingerprint density at radius 3 is 2.52 bits per heavy atom. The van der Waals surface area contributed by atoms with E-state index in [0.717, 1.165) is 33.8 Å². The number of benzene rings is 3. The molecule has 2 amide bonds. The molecule has 7 heteroatoms. The average molecular weight is 456 g/mol. The van der Waals surface area contributed by atoms with Gasteiger partial charge >= 0.3 is 0 Å². The third-order valence-electron chi connectivity index (χ3n) is 5.05. The number of ether oxygens (including phenoxy) is 2. The fraction of sp³-hybridized carbons (Fsp3) is 0.250. The van der Waals surface area contributed by atoms with Gasteiger partial charge in [-0.1, -0.05) is 41.6 Å². The molecule has 0 aliphatic carbocycles. The molecule has 0 N–H and O–H groups in total. The maximum absolute atomic E-state index is 13.2. The van der Waals surface area contributed by atoms with Gasteiger partial charge in [0.15, 0.2) is 0 Å². The predicted molar refractivity (Wildman–Crippen MR) is 126 cm³/mol. The number of anilines is 1. The Morgan fingerprint density at radius 2 is 1.77 bits per heavy atom. The Hall–Kier alpha value is -2.70. The first kappa shape index (κ1) is 21.5. The molecule has 5 nitrogen and oxygen atoms in total. The average Bonchev–Trinajstić information content (AvgIpc) is 3.03. The van der Waals surface area contributed by atoms with Gasteiger partial charge in [0.05, 0.1) is 24.2 Å². The number of fused-ring (bicyclic) bond motifs is 1. The van der Waals surface area contributed by atoms with Crippen LogP contribution in [0.4, 0.5) is 10.5 Å².